The van der Waals surface area contributed by atoms with E-state index in [0.29, 0.717) is 0 Å². The number of aliphatic hydroxyl groups excluding tert-OH is 1. The number of rotatable bonds is 2. The Balaban J connectivity index is 2.00. The van der Waals surface area contributed by atoms with E-state index >= 15 is 0 Å². The molecular formula is C18H20N2O. The number of aliphatic hydroxyl groups is 1. The third-order valence-electron chi connectivity index (χ3n) is 3.74. The molecule has 0 unspecified atom stereocenters. The molecule has 0 spiro atoms. The van der Waals surface area contributed by atoms with Crippen molar-refractivity contribution in [2.75, 3.05) is 0 Å². The smallest absolute Gasteiger partial charge is 0.137 e. The Morgan fingerprint density at radius 2 is 1.71 bits per heavy atom. The van der Waals surface area contributed by atoms with Crippen molar-refractivity contribution in [2.24, 2.45) is 0 Å². The van der Waals surface area contributed by atoms with E-state index in [4.69, 9.17) is 0 Å². The molecule has 0 saturated heterocycles. The molecule has 3 rings (SSSR count). The van der Waals surface area contributed by atoms with E-state index in [1.54, 1.807) is 0 Å². The molecule has 0 amide bonds. The number of fused-ring (bicyclic) bond motifs is 1. The van der Waals surface area contributed by atoms with E-state index in [1.807, 2.05) is 28.9 Å². The van der Waals surface area contributed by atoms with Gasteiger partial charge in [-0.15, -0.1) is 0 Å². The Morgan fingerprint density at radius 1 is 1.00 bits per heavy atom. The van der Waals surface area contributed by atoms with Crippen molar-refractivity contribution >= 4 is 5.65 Å². The molecular weight excluding hydrogens is 260 g/mol. The van der Waals surface area contributed by atoms with E-state index in [1.165, 1.54) is 5.56 Å². The molecule has 0 aliphatic heterocycles. The second-order valence-electron chi connectivity index (χ2n) is 6.41. The lowest BCUT2D eigenvalue weighted by molar-refractivity contribution is 0.281. The maximum absolute atomic E-state index is 9.19. The van der Waals surface area contributed by atoms with Crippen molar-refractivity contribution in [3.63, 3.8) is 0 Å². The van der Waals surface area contributed by atoms with Crippen LogP contribution in [-0.2, 0) is 12.0 Å². The van der Waals surface area contributed by atoms with Gasteiger partial charge < -0.3 is 9.51 Å². The molecule has 0 aliphatic rings. The first-order valence-electron chi connectivity index (χ1n) is 7.17. The summed E-state index contributed by atoms with van der Waals surface area (Å²) < 4.78 is 1.96. The lowest BCUT2D eigenvalue weighted by Crippen LogP contribution is -2.10. The number of hydrogen-bond acceptors (Lipinski definition) is 2. The topological polar surface area (TPSA) is 37.5 Å². The molecule has 1 aromatic carbocycles. The van der Waals surface area contributed by atoms with Crippen LogP contribution in [0.3, 0.4) is 0 Å². The fourth-order valence-electron chi connectivity index (χ4n) is 2.41. The summed E-state index contributed by atoms with van der Waals surface area (Å²) in [6, 6.07) is 12.4. The standard InChI is InChI=1S/C18H20N2O/c1-18(2,3)15-7-5-14(6-8-15)16-11-20-10-13(12-21)4-9-17(20)19-16/h4-11,21H,12H2,1-3H3. The van der Waals surface area contributed by atoms with Crippen LogP contribution in [0.4, 0.5) is 0 Å². The lowest BCUT2D eigenvalue weighted by atomic mass is 9.86. The van der Waals surface area contributed by atoms with E-state index in [2.05, 4.69) is 50.0 Å². The van der Waals surface area contributed by atoms with Crippen LogP contribution in [0, 0.1) is 0 Å². The first-order chi connectivity index (χ1) is 9.97. The number of benzene rings is 1. The summed E-state index contributed by atoms with van der Waals surface area (Å²) in [6.45, 7) is 6.68. The van der Waals surface area contributed by atoms with Crippen LogP contribution < -0.4 is 0 Å². The fourth-order valence-corrected chi connectivity index (χ4v) is 2.41. The maximum atomic E-state index is 9.19. The van der Waals surface area contributed by atoms with Crippen LogP contribution in [0.5, 0.6) is 0 Å². The summed E-state index contributed by atoms with van der Waals surface area (Å²) in [6.07, 6.45) is 3.91. The minimum absolute atomic E-state index is 0.0454. The Kier molecular flexibility index (Phi) is 3.30. The lowest BCUT2D eigenvalue weighted by Gasteiger charge is -2.18. The second kappa shape index (κ2) is 5.01. The van der Waals surface area contributed by atoms with Crippen LogP contribution in [0.25, 0.3) is 16.9 Å². The molecule has 0 aliphatic carbocycles. The van der Waals surface area contributed by atoms with Gasteiger partial charge in [-0.3, -0.25) is 0 Å². The van der Waals surface area contributed by atoms with Crippen molar-refractivity contribution in [1.82, 2.24) is 9.38 Å². The van der Waals surface area contributed by atoms with Gasteiger partial charge in [-0.05, 0) is 22.6 Å². The molecule has 0 radical (unpaired) electrons. The van der Waals surface area contributed by atoms with Gasteiger partial charge in [0, 0.05) is 18.0 Å². The maximum Gasteiger partial charge on any atom is 0.137 e. The predicted molar refractivity (Wildman–Crippen MR) is 85.3 cm³/mol. The van der Waals surface area contributed by atoms with Gasteiger partial charge in [-0.1, -0.05) is 51.1 Å². The summed E-state index contributed by atoms with van der Waals surface area (Å²) >= 11 is 0. The molecule has 1 N–H and O–H groups in total. The highest BCUT2D eigenvalue weighted by Gasteiger charge is 2.13. The highest BCUT2D eigenvalue weighted by Crippen LogP contribution is 2.26. The van der Waals surface area contributed by atoms with Crippen LogP contribution in [0.1, 0.15) is 31.9 Å². The molecule has 0 atom stereocenters. The van der Waals surface area contributed by atoms with E-state index < -0.39 is 0 Å². The normalized spacial score (nSPS) is 12.0. The van der Waals surface area contributed by atoms with Crippen molar-refractivity contribution in [3.8, 4) is 11.3 Å². The average molecular weight is 280 g/mol. The third-order valence-corrected chi connectivity index (χ3v) is 3.74. The zero-order chi connectivity index (χ0) is 15.0. The summed E-state index contributed by atoms with van der Waals surface area (Å²) in [7, 11) is 0. The molecule has 0 fully saturated rings. The summed E-state index contributed by atoms with van der Waals surface area (Å²) in [5, 5.41) is 9.19. The fraction of sp³-hybridized carbons (Fsp3) is 0.278. The molecule has 3 aromatic rings. The molecule has 108 valence electrons. The van der Waals surface area contributed by atoms with Gasteiger partial charge in [-0.25, -0.2) is 4.98 Å². The van der Waals surface area contributed by atoms with Crippen molar-refractivity contribution in [3.05, 3.63) is 59.9 Å². The molecule has 3 heteroatoms. The second-order valence-corrected chi connectivity index (χ2v) is 6.41. The third kappa shape index (κ3) is 2.69. The van der Waals surface area contributed by atoms with Gasteiger partial charge >= 0.3 is 0 Å². The average Bonchev–Trinajstić information content (AvgIpc) is 2.89. The van der Waals surface area contributed by atoms with Gasteiger partial charge in [0.1, 0.15) is 5.65 Å². The van der Waals surface area contributed by atoms with Crippen molar-refractivity contribution < 1.29 is 5.11 Å². The molecule has 0 saturated carbocycles. The monoisotopic (exact) mass is 280 g/mol. The Bertz CT molecular complexity index is 764. The molecule has 2 aromatic heterocycles. The van der Waals surface area contributed by atoms with Crippen LogP contribution in [-0.4, -0.2) is 14.5 Å². The van der Waals surface area contributed by atoms with Gasteiger partial charge in [0.2, 0.25) is 0 Å². The summed E-state index contributed by atoms with van der Waals surface area (Å²) in [4.78, 5) is 4.63. The summed E-state index contributed by atoms with van der Waals surface area (Å²) in [5.74, 6) is 0. The number of aromatic nitrogens is 2. The van der Waals surface area contributed by atoms with Gasteiger partial charge in [0.15, 0.2) is 0 Å². The number of nitrogens with zero attached hydrogens (tertiary/aromatic N) is 2. The van der Waals surface area contributed by atoms with Gasteiger partial charge in [-0.2, -0.15) is 0 Å². The van der Waals surface area contributed by atoms with E-state index in [0.717, 1.165) is 22.5 Å². The minimum atomic E-state index is 0.0454. The molecule has 2 heterocycles. The van der Waals surface area contributed by atoms with Crippen LogP contribution in [0.15, 0.2) is 48.8 Å². The zero-order valence-electron chi connectivity index (χ0n) is 12.7. The molecule has 3 nitrogen and oxygen atoms in total. The number of hydrogen-bond donors (Lipinski definition) is 1. The number of pyridine rings is 1. The highest BCUT2D eigenvalue weighted by atomic mass is 16.3. The SMILES string of the molecule is CC(C)(C)c1ccc(-c2cn3cc(CO)ccc3n2)cc1. The van der Waals surface area contributed by atoms with Gasteiger partial charge in [0.05, 0.1) is 12.3 Å². The first-order valence-corrected chi connectivity index (χ1v) is 7.17. The highest BCUT2D eigenvalue weighted by molar-refractivity contribution is 5.63. The first kappa shape index (κ1) is 13.8. The minimum Gasteiger partial charge on any atom is -0.392 e. The summed E-state index contributed by atoms with van der Waals surface area (Å²) in [5.41, 5.74) is 5.31. The van der Waals surface area contributed by atoms with E-state index in [-0.39, 0.29) is 12.0 Å². The largest absolute Gasteiger partial charge is 0.392 e. The Labute approximate surface area is 124 Å². The quantitative estimate of drug-likeness (QED) is 0.775. The van der Waals surface area contributed by atoms with Crippen molar-refractivity contribution in [2.45, 2.75) is 32.8 Å². The Hall–Kier alpha value is -2.13. The zero-order valence-corrected chi connectivity index (χ0v) is 12.7. The van der Waals surface area contributed by atoms with E-state index in [9.17, 15) is 5.11 Å². The predicted octanol–water partition coefficient (Wildman–Crippen LogP) is 3.79. The molecule has 21 heavy (non-hydrogen) atoms. The Morgan fingerprint density at radius 3 is 2.33 bits per heavy atom. The van der Waals surface area contributed by atoms with Crippen LogP contribution >= 0.6 is 0 Å². The molecule has 0 bridgehead atoms. The number of imidazole rings is 1. The van der Waals surface area contributed by atoms with Crippen LogP contribution in [0.2, 0.25) is 0 Å². The van der Waals surface area contributed by atoms with Gasteiger partial charge in [0.25, 0.3) is 0 Å². The van der Waals surface area contributed by atoms with Crippen molar-refractivity contribution in [1.29, 1.82) is 0 Å².